The normalized spacial score (nSPS) is 19.5. The van der Waals surface area contributed by atoms with Gasteiger partial charge in [0.05, 0.1) is 23.8 Å². The highest BCUT2D eigenvalue weighted by atomic mass is 32.2. The molecule has 24 heavy (non-hydrogen) atoms. The molecule has 0 aromatic carbocycles. The molecule has 1 amide bonds. The van der Waals surface area contributed by atoms with Gasteiger partial charge in [-0.1, -0.05) is 6.58 Å². The molecule has 0 fully saturated rings. The van der Waals surface area contributed by atoms with Crippen LogP contribution < -0.4 is 5.73 Å². The third-order valence-electron chi connectivity index (χ3n) is 3.45. The van der Waals surface area contributed by atoms with Gasteiger partial charge < -0.3 is 10.7 Å². The van der Waals surface area contributed by atoms with Crippen LogP contribution in [0.15, 0.2) is 46.5 Å². The van der Waals surface area contributed by atoms with E-state index in [9.17, 15) is 13.2 Å². The number of aromatic nitrogens is 2. The predicted molar refractivity (Wildman–Crippen MR) is 92.3 cm³/mol. The van der Waals surface area contributed by atoms with Crippen LogP contribution >= 0.6 is 0 Å². The Hall–Kier alpha value is -2.68. The van der Waals surface area contributed by atoms with E-state index in [1.54, 1.807) is 19.9 Å². The third kappa shape index (κ3) is 3.30. The molecule has 1 aromatic heterocycles. The Labute approximate surface area is 140 Å². The Bertz CT molecular complexity index is 872. The molecule has 1 aromatic rings. The van der Waals surface area contributed by atoms with E-state index in [0.717, 1.165) is 6.26 Å². The lowest BCUT2D eigenvalue weighted by Crippen LogP contribution is -2.42. The Kier molecular flexibility index (Phi) is 4.74. The molecular formula is C15H19N5O3S. The van der Waals surface area contributed by atoms with Crippen molar-refractivity contribution in [1.82, 2.24) is 14.9 Å². The molecule has 0 saturated carbocycles. The van der Waals surface area contributed by atoms with Crippen molar-refractivity contribution in [1.29, 1.82) is 0 Å². The maximum absolute atomic E-state index is 12.8. The van der Waals surface area contributed by atoms with E-state index >= 15 is 0 Å². The molecule has 2 rings (SSSR count). The zero-order valence-corrected chi connectivity index (χ0v) is 14.5. The summed E-state index contributed by atoms with van der Waals surface area (Å²) in [4.78, 5) is 25.0. The number of carbonyl (C=O) groups excluding carboxylic acids is 1. The summed E-state index contributed by atoms with van der Waals surface area (Å²) in [5.74, 6) is -0.159. The molecule has 0 spiro atoms. The average Bonchev–Trinajstić information content (AvgIpc) is 3.00. The number of sulfone groups is 1. The molecule has 128 valence electrons. The highest BCUT2D eigenvalue weighted by Crippen LogP contribution is 2.27. The Balaban J connectivity index is 2.68. The molecule has 0 radical (unpaired) electrons. The summed E-state index contributed by atoms with van der Waals surface area (Å²) in [6.45, 7) is 7.16. The van der Waals surface area contributed by atoms with E-state index in [2.05, 4.69) is 21.5 Å². The van der Waals surface area contributed by atoms with E-state index in [-0.39, 0.29) is 23.3 Å². The SMILES string of the molecule is C=C(/N=C1\C(=C(\C)N)C=C(c2cnc[nH]2)C(=O)N1CC)S(C)(=O)=O. The quantitative estimate of drug-likeness (QED) is 0.833. The van der Waals surface area contributed by atoms with Gasteiger partial charge >= 0.3 is 0 Å². The maximum Gasteiger partial charge on any atom is 0.261 e. The van der Waals surface area contributed by atoms with Gasteiger partial charge in [-0.2, -0.15) is 0 Å². The lowest BCUT2D eigenvalue weighted by atomic mass is 9.99. The fourth-order valence-electron chi connectivity index (χ4n) is 2.16. The molecule has 8 nitrogen and oxygen atoms in total. The van der Waals surface area contributed by atoms with Crippen LogP contribution in [0, 0.1) is 0 Å². The van der Waals surface area contributed by atoms with Crippen LogP contribution in [0.2, 0.25) is 0 Å². The molecule has 0 aliphatic carbocycles. The van der Waals surface area contributed by atoms with Crippen LogP contribution in [0.3, 0.4) is 0 Å². The molecule has 1 aliphatic heterocycles. The van der Waals surface area contributed by atoms with Crippen molar-refractivity contribution in [3.8, 4) is 0 Å². The Morgan fingerprint density at radius 3 is 2.62 bits per heavy atom. The van der Waals surface area contributed by atoms with E-state index in [1.165, 1.54) is 17.4 Å². The number of amidine groups is 1. The van der Waals surface area contributed by atoms with E-state index in [0.29, 0.717) is 22.5 Å². The second-order valence-electron chi connectivity index (χ2n) is 5.27. The van der Waals surface area contributed by atoms with Gasteiger partial charge in [0.2, 0.25) is 0 Å². The summed E-state index contributed by atoms with van der Waals surface area (Å²) in [5.41, 5.74) is 7.71. The first-order valence-electron chi connectivity index (χ1n) is 7.13. The number of allylic oxidation sites excluding steroid dienone is 1. The number of likely N-dealkylation sites (N-methyl/N-ethyl adjacent to an activating group) is 1. The molecule has 9 heteroatoms. The molecule has 2 heterocycles. The number of rotatable bonds is 4. The number of aromatic amines is 1. The average molecular weight is 349 g/mol. The number of hydrogen-bond donors (Lipinski definition) is 2. The molecular weight excluding hydrogens is 330 g/mol. The lowest BCUT2D eigenvalue weighted by molar-refractivity contribution is -0.121. The summed E-state index contributed by atoms with van der Waals surface area (Å²) < 4.78 is 23.2. The summed E-state index contributed by atoms with van der Waals surface area (Å²) in [7, 11) is -3.58. The second kappa shape index (κ2) is 6.44. The zero-order valence-electron chi connectivity index (χ0n) is 13.7. The Morgan fingerprint density at radius 2 is 2.17 bits per heavy atom. The van der Waals surface area contributed by atoms with Gasteiger partial charge in [0.15, 0.2) is 9.84 Å². The van der Waals surface area contributed by atoms with Crippen LogP contribution in [0.1, 0.15) is 19.5 Å². The largest absolute Gasteiger partial charge is 0.402 e. The van der Waals surface area contributed by atoms with Gasteiger partial charge in [0, 0.05) is 24.1 Å². The van der Waals surface area contributed by atoms with Crippen molar-refractivity contribution >= 4 is 27.2 Å². The summed E-state index contributed by atoms with van der Waals surface area (Å²) in [5, 5.41) is -0.333. The monoisotopic (exact) mass is 349 g/mol. The zero-order chi connectivity index (χ0) is 18.1. The number of H-pyrrole nitrogens is 1. The van der Waals surface area contributed by atoms with Gasteiger partial charge in [0.1, 0.15) is 10.9 Å². The molecule has 0 unspecified atom stereocenters. The summed E-state index contributed by atoms with van der Waals surface area (Å²) in [6, 6.07) is 0. The molecule has 3 N–H and O–H groups in total. The molecule has 0 saturated heterocycles. The van der Waals surface area contributed by atoms with Crippen LogP contribution in [0.5, 0.6) is 0 Å². The molecule has 0 atom stereocenters. The molecule has 1 aliphatic rings. The maximum atomic E-state index is 12.8. The minimum absolute atomic E-state index is 0.168. The molecule has 0 bridgehead atoms. The summed E-state index contributed by atoms with van der Waals surface area (Å²) in [6.07, 6.45) is 5.57. The Morgan fingerprint density at radius 1 is 1.50 bits per heavy atom. The smallest absolute Gasteiger partial charge is 0.261 e. The number of carbonyl (C=O) groups is 1. The van der Waals surface area contributed by atoms with Crippen molar-refractivity contribution in [3.63, 3.8) is 0 Å². The van der Waals surface area contributed by atoms with Crippen molar-refractivity contribution in [2.24, 2.45) is 10.7 Å². The topological polar surface area (TPSA) is 122 Å². The van der Waals surface area contributed by atoms with Crippen molar-refractivity contribution < 1.29 is 13.2 Å². The van der Waals surface area contributed by atoms with Crippen molar-refractivity contribution in [2.75, 3.05) is 12.8 Å². The fourth-order valence-corrected chi connectivity index (χ4v) is 2.41. The first kappa shape index (κ1) is 17.7. The minimum atomic E-state index is -3.58. The van der Waals surface area contributed by atoms with Gasteiger partial charge in [-0.3, -0.25) is 9.69 Å². The number of nitrogens with one attached hydrogen (secondary N) is 1. The first-order valence-corrected chi connectivity index (χ1v) is 9.02. The van der Waals surface area contributed by atoms with E-state index in [1.807, 2.05) is 0 Å². The number of nitrogens with zero attached hydrogens (tertiary/aromatic N) is 3. The number of imidazole rings is 1. The van der Waals surface area contributed by atoms with Crippen molar-refractivity contribution in [2.45, 2.75) is 13.8 Å². The predicted octanol–water partition coefficient (Wildman–Crippen LogP) is 0.802. The standard InChI is InChI=1S/C15H19N5O3S/c1-5-20-14(19-10(3)24(4,22)23)11(9(2)16)6-12(15(20)21)13-7-17-8-18-13/h6-8H,3,5,16H2,1-2,4H3,(H,17,18)/b11-9-,19-14+. The highest BCUT2D eigenvalue weighted by molar-refractivity contribution is 7.94. The van der Waals surface area contributed by atoms with Crippen LogP contribution in [0.25, 0.3) is 5.57 Å². The number of aliphatic imine (C=N–C) groups is 1. The van der Waals surface area contributed by atoms with Crippen molar-refractivity contribution in [3.05, 3.63) is 47.2 Å². The van der Waals surface area contributed by atoms with Gasteiger partial charge in [-0.25, -0.2) is 18.4 Å². The summed E-state index contributed by atoms with van der Waals surface area (Å²) >= 11 is 0. The lowest BCUT2D eigenvalue weighted by Gasteiger charge is -2.29. The van der Waals surface area contributed by atoms with Gasteiger partial charge in [0.25, 0.3) is 5.91 Å². The fraction of sp³-hybridized carbons (Fsp3) is 0.267. The highest BCUT2D eigenvalue weighted by Gasteiger charge is 2.31. The first-order chi connectivity index (χ1) is 11.2. The second-order valence-corrected chi connectivity index (χ2v) is 7.29. The van der Waals surface area contributed by atoms with Crippen LogP contribution in [-0.2, 0) is 14.6 Å². The van der Waals surface area contributed by atoms with Gasteiger partial charge in [-0.15, -0.1) is 0 Å². The van der Waals surface area contributed by atoms with Crippen LogP contribution in [-0.4, -0.2) is 47.8 Å². The number of nitrogens with two attached hydrogens (primary N) is 1. The third-order valence-corrected chi connectivity index (χ3v) is 4.40. The van der Waals surface area contributed by atoms with E-state index < -0.39 is 9.84 Å². The number of hydrogen-bond acceptors (Lipinski definition) is 6. The van der Waals surface area contributed by atoms with E-state index in [4.69, 9.17) is 5.73 Å². The van der Waals surface area contributed by atoms with Gasteiger partial charge in [-0.05, 0) is 19.9 Å². The van der Waals surface area contributed by atoms with Crippen LogP contribution in [0.4, 0.5) is 0 Å². The minimum Gasteiger partial charge on any atom is -0.402 e. The number of amides is 1.